The summed E-state index contributed by atoms with van der Waals surface area (Å²) < 4.78 is 6.79. The van der Waals surface area contributed by atoms with Gasteiger partial charge < -0.3 is 15.4 Å². The van der Waals surface area contributed by atoms with Crippen LogP contribution in [0.15, 0.2) is 36.5 Å². The molecule has 0 atom stereocenters. The number of benzene rings is 1. The van der Waals surface area contributed by atoms with Gasteiger partial charge >= 0.3 is 11.8 Å². The van der Waals surface area contributed by atoms with Crippen LogP contribution in [0, 0.1) is 6.92 Å². The van der Waals surface area contributed by atoms with Gasteiger partial charge in [-0.25, -0.2) is 4.98 Å². The average molecular weight is 353 g/mol. The Bertz CT molecular complexity index is 980. The molecule has 2 heterocycles. The molecule has 3 rings (SSSR count). The van der Waals surface area contributed by atoms with Gasteiger partial charge in [0.05, 0.1) is 18.8 Å². The number of hydrogen-bond donors (Lipinski definition) is 2. The van der Waals surface area contributed by atoms with Crippen LogP contribution in [-0.2, 0) is 23.2 Å². The van der Waals surface area contributed by atoms with Crippen molar-refractivity contribution >= 4 is 28.4 Å². The van der Waals surface area contributed by atoms with E-state index in [1.807, 2.05) is 20.0 Å². The smallest absolute Gasteiger partial charge is 0.313 e. The van der Waals surface area contributed by atoms with Crippen molar-refractivity contribution in [3.8, 4) is 5.88 Å². The molecule has 2 N–H and O–H groups in total. The van der Waals surface area contributed by atoms with Crippen molar-refractivity contribution < 1.29 is 14.3 Å². The number of methoxy groups -OCH3 is 1. The zero-order valence-electron chi connectivity index (χ0n) is 14.7. The van der Waals surface area contributed by atoms with Crippen LogP contribution in [0.2, 0.25) is 0 Å². The minimum absolute atomic E-state index is 0.243. The number of rotatable bonds is 4. The molecule has 0 bridgehead atoms. The second-order valence-electron chi connectivity index (χ2n) is 5.78. The lowest BCUT2D eigenvalue weighted by Gasteiger charge is -2.08. The fourth-order valence-electron chi connectivity index (χ4n) is 2.46. The fourth-order valence-corrected chi connectivity index (χ4v) is 2.46. The van der Waals surface area contributed by atoms with E-state index < -0.39 is 11.8 Å². The first kappa shape index (κ1) is 17.4. The highest BCUT2D eigenvalue weighted by Gasteiger charge is 2.15. The van der Waals surface area contributed by atoms with Gasteiger partial charge in [0.25, 0.3) is 0 Å². The third-order valence-corrected chi connectivity index (χ3v) is 4.11. The predicted octanol–water partition coefficient (Wildman–Crippen LogP) is 1.54. The highest BCUT2D eigenvalue weighted by Crippen LogP contribution is 2.20. The fraction of sp³-hybridized carbons (Fsp3) is 0.222. The lowest BCUT2D eigenvalue weighted by atomic mass is 10.2. The van der Waals surface area contributed by atoms with E-state index in [4.69, 9.17) is 4.74 Å². The SMILES string of the molecule is COc1ccc2cc(NC(=O)C(=O)NCc3cnn(C)c3C)ccc2n1. The number of fused-ring (bicyclic) bond motifs is 1. The summed E-state index contributed by atoms with van der Waals surface area (Å²) in [6.07, 6.45) is 1.66. The number of aryl methyl sites for hydroxylation is 1. The molecule has 8 nitrogen and oxygen atoms in total. The first-order valence-electron chi connectivity index (χ1n) is 7.99. The summed E-state index contributed by atoms with van der Waals surface area (Å²) in [5, 5.41) is 10.1. The van der Waals surface area contributed by atoms with Crippen molar-refractivity contribution in [1.82, 2.24) is 20.1 Å². The molecule has 0 aliphatic rings. The van der Waals surface area contributed by atoms with Gasteiger partial charge in [-0.3, -0.25) is 14.3 Å². The van der Waals surface area contributed by atoms with E-state index in [-0.39, 0.29) is 6.54 Å². The Kier molecular flexibility index (Phi) is 4.83. The summed E-state index contributed by atoms with van der Waals surface area (Å²) in [4.78, 5) is 28.4. The third-order valence-electron chi connectivity index (χ3n) is 4.11. The molecule has 3 aromatic rings. The van der Waals surface area contributed by atoms with Crippen LogP contribution in [0.25, 0.3) is 10.9 Å². The van der Waals surface area contributed by atoms with Gasteiger partial charge in [0.15, 0.2) is 0 Å². The van der Waals surface area contributed by atoms with Gasteiger partial charge in [0.1, 0.15) is 0 Å². The lowest BCUT2D eigenvalue weighted by Crippen LogP contribution is -2.35. The van der Waals surface area contributed by atoms with E-state index >= 15 is 0 Å². The van der Waals surface area contributed by atoms with E-state index in [2.05, 4.69) is 20.7 Å². The number of anilines is 1. The Balaban J connectivity index is 1.64. The monoisotopic (exact) mass is 353 g/mol. The Morgan fingerprint density at radius 1 is 1.19 bits per heavy atom. The van der Waals surface area contributed by atoms with Gasteiger partial charge in [0, 0.05) is 42.0 Å². The Morgan fingerprint density at radius 2 is 2.00 bits per heavy atom. The van der Waals surface area contributed by atoms with Crippen molar-refractivity contribution in [3.63, 3.8) is 0 Å². The Labute approximate surface area is 150 Å². The number of nitrogens with zero attached hydrogens (tertiary/aromatic N) is 3. The molecule has 0 spiro atoms. The molecule has 0 fully saturated rings. The van der Waals surface area contributed by atoms with Crippen LogP contribution in [0.1, 0.15) is 11.3 Å². The van der Waals surface area contributed by atoms with Crippen LogP contribution >= 0.6 is 0 Å². The molecule has 0 saturated heterocycles. The maximum absolute atomic E-state index is 12.1. The Morgan fingerprint density at radius 3 is 2.69 bits per heavy atom. The second kappa shape index (κ2) is 7.22. The summed E-state index contributed by atoms with van der Waals surface area (Å²) in [5.74, 6) is -0.923. The van der Waals surface area contributed by atoms with Crippen molar-refractivity contribution in [2.24, 2.45) is 7.05 Å². The number of nitrogens with one attached hydrogen (secondary N) is 2. The predicted molar refractivity (Wildman–Crippen MR) is 96.7 cm³/mol. The standard InChI is InChI=1S/C18H19N5O3/c1-11-13(10-20-23(11)2)9-19-17(24)18(25)21-14-5-6-15-12(8-14)4-7-16(22-15)26-3/h4-8,10H,9H2,1-3H3,(H,19,24)(H,21,25). The van der Waals surface area contributed by atoms with Crippen molar-refractivity contribution in [3.05, 3.63) is 47.8 Å². The molecule has 0 unspecified atom stereocenters. The molecule has 0 saturated carbocycles. The summed E-state index contributed by atoms with van der Waals surface area (Å²) >= 11 is 0. The quantitative estimate of drug-likeness (QED) is 0.693. The molecule has 2 aromatic heterocycles. The zero-order valence-corrected chi connectivity index (χ0v) is 14.7. The van der Waals surface area contributed by atoms with Gasteiger partial charge in [-0.1, -0.05) is 0 Å². The number of carbonyl (C=O) groups excluding carboxylic acids is 2. The van der Waals surface area contributed by atoms with Crippen LogP contribution < -0.4 is 15.4 Å². The zero-order chi connectivity index (χ0) is 18.7. The number of carbonyl (C=O) groups is 2. The summed E-state index contributed by atoms with van der Waals surface area (Å²) in [6, 6.07) is 8.76. The number of amides is 2. The third kappa shape index (κ3) is 3.64. The average Bonchev–Trinajstić information content (AvgIpc) is 2.97. The molecule has 134 valence electrons. The van der Waals surface area contributed by atoms with Crippen molar-refractivity contribution in [1.29, 1.82) is 0 Å². The second-order valence-corrected chi connectivity index (χ2v) is 5.78. The largest absolute Gasteiger partial charge is 0.481 e. The minimum atomic E-state index is -0.729. The van der Waals surface area contributed by atoms with E-state index in [0.717, 1.165) is 22.2 Å². The number of pyridine rings is 1. The minimum Gasteiger partial charge on any atom is -0.481 e. The first-order chi connectivity index (χ1) is 12.5. The van der Waals surface area contributed by atoms with Crippen LogP contribution in [0.5, 0.6) is 5.88 Å². The van der Waals surface area contributed by atoms with Crippen LogP contribution in [0.3, 0.4) is 0 Å². The molecule has 2 amide bonds. The van der Waals surface area contributed by atoms with Crippen LogP contribution in [0.4, 0.5) is 5.69 Å². The summed E-state index contributed by atoms with van der Waals surface area (Å²) in [5.41, 5.74) is 3.04. The molecule has 0 radical (unpaired) electrons. The van der Waals surface area contributed by atoms with Gasteiger partial charge in [0.2, 0.25) is 5.88 Å². The van der Waals surface area contributed by atoms with E-state index in [1.54, 1.807) is 42.3 Å². The normalized spacial score (nSPS) is 10.6. The van der Waals surface area contributed by atoms with E-state index in [0.29, 0.717) is 11.6 Å². The maximum atomic E-state index is 12.1. The lowest BCUT2D eigenvalue weighted by molar-refractivity contribution is -0.136. The highest BCUT2D eigenvalue weighted by molar-refractivity contribution is 6.39. The van der Waals surface area contributed by atoms with Crippen molar-refractivity contribution in [2.45, 2.75) is 13.5 Å². The highest BCUT2D eigenvalue weighted by atomic mass is 16.5. The molecule has 0 aliphatic heterocycles. The summed E-state index contributed by atoms with van der Waals surface area (Å²) in [6.45, 7) is 2.14. The maximum Gasteiger partial charge on any atom is 0.313 e. The molecule has 1 aromatic carbocycles. The molecule has 26 heavy (non-hydrogen) atoms. The van der Waals surface area contributed by atoms with Crippen LogP contribution in [-0.4, -0.2) is 33.7 Å². The van der Waals surface area contributed by atoms with Crippen molar-refractivity contribution in [2.75, 3.05) is 12.4 Å². The van der Waals surface area contributed by atoms with E-state index in [9.17, 15) is 9.59 Å². The van der Waals surface area contributed by atoms with Gasteiger partial charge in [-0.2, -0.15) is 5.10 Å². The number of aromatic nitrogens is 3. The number of ether oxygens (including phenoxy) is 1. The van der Waals surface area contributed by atoms with Gasteiger partial charge in [-0.15, -0.1) is 0 Å². The van der Waals surface area contributed by atoms with Gasteiger partial charge in [-0.05, 0) is 31.2 Å². The Hall–Kier alpha value is -3.42. The van der Waals surface area contributed by atoms with E-state index in [1.165, 1.54) is 0 Å². The number of hydrogen-bond acceptors (Lipinski definition) is 5. The molecular weight excluding hydrogens is 334 g/mol. The molecular formula is C18H19N5O3. The topological polar surface area (TPSA) is 98.1 Å². The first-order valence-corrected chi connectivity index (χ1v) is 7.99. The summed E-state index contributed by atoms with van der Waals surface area (Å²) in [7, 11) is 3.37. The molecule has 0 aliphatic carbocycles. The molecule has 8 heteroatoms.